The molecule has 0 aliphatic carbocycles. The van der Waals surface area contributed by atoms with Crippen LogP contribution >= 0.6 is 0 Å². The van der Waals surface area contributed by atoms with Crippen molar-refractivity contribution in [2.45, 2.75) is 53.1 Å². The molecule has 2 rings (SSSR count). The third kappa shape index (κ3) is 5.35. The highest BCUT2D eigenvalue weighted by Crippen LogP contribution is 2.24. The van der Waals surface area contributed by atoms with Gasteiger partial charge in [-0.3, -0.25) is 9.10 Å². The zero-order valence-corrected chi connectivity index (χ0v) is 18.3. The summed E-state index contributed by atoms with van der Waals surface area (Å²) in [6, 6.07) is 12.5. The highest BCUT2D eigenvalue weighted by Gasteiger charge is 2.30. The van der Waals surface area contributed by atoms with Crippen LogP contribution in [0.3, 0.4) is 0 Å². The van der Waals surface area contributed by atoms with Crippen molar-refractivity contribution >= 4 is 21.6 Å². The number of carbonyl (C=O) groups excluding carboxylic acids is 1. The van der Waals surface area contributed by atoms with Crippen LogP contribution in [0.2, 0.25) is 0 Å². The average molecular weight is 403 g/mol. The summed E-state index contributed by atoms with van der Waals surface area (Å²) in [5.74, 6) is -0.336. The minimum absolute atomic E-state index is 0.221. The fraction of sp³-hybridized carbons (Fsp3) is 0.409. The SMILES string of the molecule is CCc1ccc([C@H](C)NC(=O)[C@H](C)N(c2cc(C)cc(C)c2)S(C)(=O)=O)cc1. The molecule has 1 N–H and O–H groups in total. The van der Waals surface area contributed by atoms with Crippen LogP contribution in [-0.4, -0.2) is 26.6 Å². The number of hydrogen-bond acceptors (Lipinski definition) is 3. The summed E-state index contributed by atoms with van der Waals surface area (Å²) < 4.78 is 26.1. The first kappa shape index (κ1) is 22.0. The molecule has 0 aliphatic rings. The first-order chi connectivity index (χ1) is 13.0. The van der Waals surface area contributed by atoms with Gasteiger partial charge in [-0.2, -0.15) is 0 Å². The lowest BCUT2D eigenvalue weighted by Gasteiger charge is -2.30. The van der Waals surface area contributed by atoms with Gasteiger partial charge in [0, 0.05) is 0 Å². The quantitative estimate of drug-likeness (QED) is 0.764. The summed E-state index contributed by atoms with van der Waals surface area (Å²) >= 11 is 0. The zero-order chi connectivity index (χ0) is 21.1. The first-order valence-corrected chi connectivity index (χ1v) is 11.3. The third-order valence-corrected chi connectivity index (χ3v) is 6.04. The van der Waals surface area contributed by atoms with Crippen LogP contribution < -0.4 is 9.62 Å². The Kier molecular flexibility index (Phi) is 6.88. The van der Waals surface area contributed by atoms with Crippen LogP contribution in [0.4, 0.5) is 5.69 Å². The molecule has 0 saturated heterocycles. The molecule has 6 heteroatoms. The van der Waals surface area contributed by atoms with Crippen molar-refractivity contribution < 1.29 is 13.2 Å². The Labute approximate surface area is 168 Å². The lowest BCUT2D eigenvalue weighted by Crippen LogP contribution is -2.48. The molecule has 28 heavy (non-hydrogen) atoms. The van der Waals surface area contributed by atoms with Gasteiger partial charge < -0.3 is 5.32 Å². The third-order valence-electron chi connectivity index (χ3n) is 4.80. The van der Waals surface area contributed by atoms with E-state index in [1.165, 1.54) is 9.87 Å². The van der Waals surface area contributed by atoms with Crippen molar-refractivity contribution in [3.05, 3.63) is 64.7 Å². The van der Waals surface area contributed by atoms with Crippen LogP contribution in [0.15, 0.2) is 42.5 Å². The van der Waals surface area contributed by atoms with Crippen LogP contribution in [0.1, 0.15) is 49.1 Å². The van der Waals surface area contributed by atoms with Crippen molar-refractivity contribution in [1.82, 2.24) is 5.32 Å². The van der Waals surface area contributed by atoms with E-state index in [1.807, 2.05) is 51.1 Å². The molecule has 0 aliphatic heterocycles. The molecule has 0 saturated carbocycles. The number of rotatable bonds is 7. The number of nitrogens with one attached hydrogen (secondary N) is 1. The van der Waals surface area contributed by atoms with Crippen molar-refractivity contribution in [3.8, 4) is 0 Å². The van der Waals surface area contributed by atoms with Crippen molar-refractivity contribution in [1.29, 1.82) is 0 Å². The van der Waals surface area contributed by atoms with Crippen molar-refractivity contribution in [2.75, 3.05) is 10.6 Å². The smallest absolute Gasteiger partial charge is 0.244 e. The highest BCUT2D eigenvalue weighted by molar-refractivity contribution is 7.92. The number of sulfonamides is 1. The predicted molar refractivity (Wildman–Crippen MR) is 115 cm³/mol. The molecule has 0 bridgehead atoms. The van der Waals surface area contributed by atoms with Gasteiger partial charge in [0.1, 0.15) is 6.04 Å². The van der Waals surface area contributed by atoms with E-state index in [-0.39, 0.29) is 11.9 Å². The molecule has 0 heterocycles. The Morgan fingerprint density at radius 1 is 1.04 bits per heavy atom. The molecule has 0 radical (unpaired) electrons. The summed E-state index contributed by atoms with van der Waals surface area (Å²) in [6.07, 6.45) is 2.08. The maximum atomic E-state index is 12.9. The van der Waals surface area contributed by atoms with E-state index in [0.29, 0.717) is 5.69 Å². The fourth-order valence-electron chi connectivity index (χ4n) is 3.35. The van der Waals surface area contributed by atoms with Gasteiger partial charge in [-0.25, -0.2) is 8.42 Å². The summed E-state index contributed by atoms with van der Waals surface area (Å²) in [7, 11) is -3.63. The second kappa shape index (κ2) is 8.78. The number of carbonyl (C=O) groups is 1. The van der Waals surface area contributed by atoms with Gasteiger partial charge in [-0.1, -0.05) is 37.3 Å². The maximum absolute atomic E-state index is 12.9. The molecule has 0 aromatic heterocycles. The van der Waals surface area contributed by atoms with E-state index in [1.54, 1.807) is 19.1 Å². The fourth-order valence-corrected chi connectivity index (χ4v) is 4.50. The second-order valence-corrected chi connectivity index (χ2v) is 9.27. The molecule has 152 valence electrons. The molecule has 2 aromatic rings. The van der Waals surface area contributed by atoms with E-state index in [9.17, 15) is 13.2 Å². The van der Waals surface area contributed by atoms with Gasteiger partial charge >= 0.3 is 0 Å². The minimum atomic E-state index is -3.63. The predicted octanol–water partition coefficient (Wildman–Crippen LogP) is 3.90. The van der Waals surface area contributed by atoms with Crippen LogP contribution in [0.25, 0.3) is 0 Å². The average Bonchev–Trinajstić information content (AvgIpc) is 2.59. The number of benzene rings is 2. The van der Waals surface area contributed by atoms with E-state index < -0.39 is 16.1 Å². The monoisotopic (exact) mass is 402 g/mol. The van der Waals surface area contributed by atoms with Gasteiger partial charge in [-0.15, -0.1) is 0 Å². The number of hydrogen-bond donors (Lipinski definition) is 1. The molecule has 0 unspecified atom stereocenters. The molecular formula is C22H30N2O3S. The number of nitrogens with zero attached hydrogens (tertiary/aromatic N) is 1. The molecule has 1 amide bonds. The Hall–Kier alpha value is -2.34. The van der Waals surface area contributed by atoms with Gasteiger partial charge in [0.25, 0.3) is 0 Å². The Bertz CT molecular complexity index is 917. The highest BCUT2D eigenvalue weighted by atomic mass is 32.2. The Morgan fingerprint density at radius 3 is 2.04 bits per heavy atom. The molecule has 0 spiro atoms. The van der Waals surface area contributed by atoms with Gasteiger partial charge in [0.2, 0.25) is 15.9 Å². The minimum Gasteiger partial charge on any atom is -0.348 e. The standard InChI is InChI=1S/C22H30N2O3S/c1-7-19-8-10-20(11-9-19)17(4)23-22(25)18(5)24(28(6,26)27)21-13-15(2)12-16(3)14-21/h8-14,17-18H,7H2,1-6H3,(H,23,25)/t17-,18-/m0/s1. The second-order valence-electron chi connectivity index (χ2n) is 7.41. The molecule has 0 fully saturated rings. The summed E-state index contributed by atoms with van der Waals surface area (Å²) in [4.78, 5) is 12.9. The topological polar surface area (TPSA) is 66.5 Å². The van der Waals surface area contributed by atoms with Gasteiger partial charge in [0.05, 0.1) is 18.0 Å². The summed E-state index contributed by atoms with van der Waals surface area (Å²) in [5.41, 5.74) is 4.60. The van der Waals surface area contributed by atoms with Gasteiger partial charge in [0.15, 0.2) is 0 Å². The number of anilines is 1. The zero-order valence-electron chi connectivity index (χ0n) is 17.5. The normalized spacial score (nSPS) is 13.6. The lowest BCUT2D eigenvalue weighted by molar-refractivity contribution is -0.122. The lowest BCUT2D eigenvalue weighted by atomic mass is 10.0. The summed E-state index contributed by atoms with van der Waals surface area (Å²) in [6.45, 7) is 9.41. The van der Waals surface area contributed by atoms with E-state index >= 15 is 0 Å². The maximum Gasteiger partial charge on any atom is 0.244 e. The van der Waals surface area contributed by atoms with Gasteiger partial charge in [-0.05, 0) is 68.5 Å². The molecule has 5 nitrogen and oxygen atoms in total. The van der Waals surface area contributed by atoms with E-state index in [4.69, 9.17) is 0 Å². The molecule has 2 aromatic carbocycles. The number of aryl methyl sites for hydroxylation is 3. The number of amides is 1. The van der Waals surface area contributed by atoms with E-state index in [0.717, 1.165) is 29.4 Å². The van der Waals surface area contributed by atoms with Crippen LogP contribution in [0, 0.1) is 13.8 Å². The largest absolute Gasteiger partial charge is 0.348 e. The Balaban J connectivity index is 2.25. The Morgan fingerprint density at radius 2 is 1.57 bits per heavy atom. The first-order valence-electron chi connectivity index (χ1n) is 9.49. The van der Waals surface area contributed by atoms with Crippen molar-refractivity contribution in [2.24, 2.45) is 0 Å². The summed E-state index contributed by atoms with van der Waals surface area (Å²) in [5, 5.41) is 2.94. The van der Waals surface area contributed by atoms with Crippen molar-refractivity contribution in [3.63, 3.8) is 0 Å². The molecular weight excluding hydrogens is 372 g/mol. The molecule has 2 atom stereocenters. The van der Waals surface area contributed by atoms with Crippen LogP contribution in [0.5, 0.6) is 0 Å². The van der Waals surface area contributed by atoms with Crippen LogP contribution in [-0.2, 0) is 21.2 Å². The van der Waals surface area contributed by atoms with E-state index in [2.05, 4.69) is 12.2 Å².